The SMILES string of the molecule is C1CCOC1.CCCCC1CCCC(=O)O1. The Hall–Kier alpha value is -0.570. The third-order valence-corrected chi connectivity index (χ3v) is 2.91. The maximum atomic E-state index is 10.8. The molecule has 1 unspecified atom stereocenters. The van der Waals surface area contributed by atoms with E-state index in [1.54, 1.807) is 0 Å². The maximum Gasteiger partial charge on any atom is 0.306 e. The lowest BCUT2D eigenvalue weighted by Crippen LogP contribution is -2.23. The highest BCUT2D eigenvalue weighted by Crippen LogP contribution is 2.18. The molecule has 0 aromatic rings. The minimum absolute atomic E-state index is 0.00245. The Bertz CT molecular complexity index is 180. The largest absolute Gasteiger partial charge is 0.462 e. The Balaban J connectivity index is 0.000000212. The molecule has 3 nitrogen and oxygen atoms in total. The summed E-state index contributed by atoms with van der Waals surface area (Å²) in [6.45, 7) is 4.16. The molecule has 94 valence electrons. The lowest BCUT2D eigenvalue weighted by Gasteiger charge is -2.21. The van der Waals surface area contributed by atoms with E-state index in [-0.39, 0.29) is 12.1 Å². The van der Waals surface area contributed by atoms with Crippen LogP contribution < -0.4 is 0 Å². The van der Waals surface area contributed by atoms with Crippen LogP contribution in [0.2, 0.25) is 0 Å². The lowest BCUT2D eigenvalue weighted by molar-refractivity contribution is -0.154. The van der Waals surface area contributed by atoms with E-state index in [0.29, 0.717) is 6.42 Å². The number of rotatable bonds is 3. The third kappa shape index (κ3) is 6.11. The number of hydrogen-bond donors (Lipinski definition) is 0. The highest BCUT2D eigenvalue weighted by molar-refractivity contribution is 5.70. The summed E-state index contributed by atoms with van der Waals surface area (Å²) in [6, 6.07) is 0. The molecule has 1 atom stereocenters. The fourth-order valence-corrected chi connectivity index (χ4v) is 1.92. The number of carbonyl (C=O) groups is 1. The van der Waals surface area contributed by atoms with Crippen molar-refractivity contribution in [1.82, 2.24) is 0 Å². The Morgan fingerprint density at radius 3 is 2.50 bits per heavy atom. The molecule has 3 heteroatoms. The number of cyclic esters (lactones) is 1. The molecule has 0 aromatic carbocycles. The Morgan fingerprint density at radius 2 is 2.00 bits per heavy atom. The number of esters is 1. The van der Waals surface area contributed by atoms with Crippen LogP contribution in [0.5, 0.6) is 0 Å². The molecule has 2 fully saturated rings. The van der Waals surface area contributed by atoms with Gasteiger partial charge in [0.1, 0.15) is 6.10 Å². The van der Waals surface area contributed by atoms with Crippen molar-refractivity contribution in [3.8, 4) is 0 Å². The van der Waals surface area contributed by atoms with E-state index >= 15 is 0 Å². The van der Waals surface area contributed by atoms with E-state index in [9.17, 15) is 4.79 Å². The molecule has 0 aliphatic carbocycles. The first kappa shape index (κ1) is 13.5. The topological polar surface area (TPSA) is 35.5 Å². The van der Waals surface area contributed by atoms with Gasteiger partial charge in [0.15, 0.2) is 0 Å². The van der Waals surface area contributed by atoms with Gasteiger partial charge in [-0.05, 0) is 32.1 Å². The minimum atomic E-state index is -0.00245. The molecule has 16 heavy (non-hydrogen) atoms. The fourth-order valence-electron chi connectivity index (χ4n) is 1.92. The predicted octanol–water partition coefficient (Wildman–Crippen LogP) is 3.07. The monoisotopic (exact) mass is 228 g/mol. The maximum absolute atomic E-state index is 10.8. The number of ether oxygens (including phenoxy) is 2. The molecule has 2 aliphatic rings. The van der Waals surface area contributed by atoms with Crippen molar-refractivity contribution in [2.75, 3.05) is 13.2 Å². The van der Waals surface area contributed by atoms with Crippen molar-refractivity contribution in [2.45, 2.75) is 64.4 Å². The predicted molar refractivity (Wildman–Crippen MR) is 63.3 cm³/mol. The molecule has 0 spiro atoms. The Labute approximate surface area is 98.5 Å². The summed E-state index contributed by atoms with van der Waals surface area (Å²) in [5.74, 6) is -0.00245. The molecule has 0 aromatic heterocycles. The van der Waals surface area contributed by atoms with Gasteiger partial charge in [0.25, 0.3) is 0 Å². The van der Waals surface area contributed by atoms with Crippen LogP contribution in [0, 0.1) is 0 Å². The summed E-state index contributed by atoms with van der Waals surface area (Å²) in [4.78, 5) is 10.8. The molecule has 0 amide bonds. The van der Waals surface area contributed by atoms with E-state index in [2.05, 4.69) is 6.92 Å². The average molecular weight is 228 g/mol. The molecular weight excluding hydrogens is 204 g/mol. The molecular formula is C13H24O3. The lowest BCUT2D eigenvalue weighted by atomic mass is 10.0. The van der Waals surface area contributed by atoms with Crippen LogP contribution in [0.25, 0.3) is 0 Å². The molecule has 2 aliphatic heterocycles. The van der Waals surface area contributed by atoms with Crippen LogP contribution in [0.3, 0.4) is 0 Å². The molecule has 2 heterocycles. The van der Waals surface area contributed by atoms with Crippen LogP contribution in [0.1, 0.15) is 58.3 Å². The number of carbonyl (C=O) groups excluding carboxylic acids is 1. The van der Waals surface area contributed by atoms with Gasteiger partial charge in [0, 0.05) is 19.6 Å². The first-order valence-corrected chi connectivity index (χ1v) is 6.60. The van der Waals surface area contributed by atoms with Gasteiger partial charge in [-0.2, -0.15) is 0 Å². The van der Waals surface area contributed by atoms with E-state index in [0.717, 1.165) is 32.5 Å². The van der Waals surface area contributed by atoms with Crippen LogP contribution >= 0.6 is 0 Å². The fraction of sp³-hybridized carbons (Fsp3) is 0.923. The minimum Gasteiger partial charge on any atom is -0.462 e. The summed E-state index contributed by atoms with van der Waals surface area (Å²) >= 11 is 0. The zero-order valence-electron chi connectivity index (χ0n) is 10.4. The van der Waals surface area contributed by atoms with Gasteiger partial charge >= 0.3 is 5.97 Å². The summed E-state index contributed by atoms with van der Waals surface area (Å²) in [7, 11) is 0. The van der Waals surface area contributed by atoms with Crippen LogP contribution in [-0.2, 0) is 14.3 Å². The zero-order chi connectivity index (χ0) is 11.6. The third-order valence-electron chi connectivity index (χ3n) is 2.91. The molecule has 2 rings (SSSR count). The van der Waals surface area contributed by atoms with Crippen molar-refractivity contribution >= 4 is 5.97 Å². The smallest absolute Gasteiger partial charge is 0.306 e. The molecule has 0 radical (unpaired) electrons. The van der Waals surface area contributed by atoms with E-state index in [1.807, 2.05) is 0 Å². The standard InChI is InChI=1S/C9H16O2.C4H8O/c1-2-3-5-8-6-4-7-9(10)11-8;1-2-4-5-3-1/h8H,2-7H2,1H3;1-4H2. The van der Waals surface area contributed by atoms with Crippen LogP contribution in [0.15, 0.2) is 0 Å². The first-order valence-electron chi connectivity index (χ1n) is 6.60. The van der Waals surface area contributed by atoms with E-state index in [4.69, 9.17) is 9.47 Å². The second-order valence-corrected chi connectivity index (χ2v) is 4.47. The van der Waals surface area contributed by atoms with Crippen molar-refractivity contribution in [2.24, 2.45) is 0 Å². The molecule has 0 bridgehead atoms. The number of hydrogen-bond acceptors (Lipinski definition) is 3. The Morgan fingerprint density at radius 1 is 1.25 bits per heavy atom. The second kappa shape index (κ2) is 8.57. The van der Waals surface area contributed by atoms with Gasteiger partial charge in [-0.25, -0.2) is 0 Å². The second-order valence-electron chi connectivity index (χ2n) is 4.47. The number of unbranched alkanes of at least 4 members (excludes halogenated alkanes) is 1. The molecule has 0 N–H and O–H groups in total. The van der Waals surface area contributed by atoms with Gasteiger partial charge < -0.3 is 9.47 Å². The Kier molecular flexibility index (Phi) is 7.23. The van der Waals surface area contributed by atoms with Gasteiger partial charge in [-0.15, -0.1) is 0 Å². The van der Waals surface area contributed by atoms with E-state index in [1.165, 1.54) is 25.7 Å². The summed E-state index contributed by atoms with van der Waals surface area (Å²) in [6.07, 6.45) is 8.94. The zero-order valence-corrected chi connectivity index (χ0v) is 10.4. The highest BCUT2D eigenvalue weighted by Gasteiger charge is 2.18. The van der Waals surface area contributed by atoms with Crippen LogP contribution in [-0.4, -0.2) is 25.3 Å². The quantitative estimate of drug-likeness (QED) is 0.696. The normalized spacial score (nSPS) is 24.6. The highest BCUT2D eigenvalue weighted by atomic mass is 16.5. The first-order chi connectivity index (χ1) is 7.83. The average Bonchev–Trinajstić information content (AvgIpc) is 2.85. The van der Waals surface area contributed by atoms with E-state index < -0.39 is 0 Å². The van der Waals surface area contributed by atoms with Crippen molar-refractivity contribution < 1.29 is 14.3 Å². The van der Waals surface area contributed by atoms with Crippen molar-refractivity contribution in [3.05, 3.63) is 0 Å². The van der Waals surface area contributed by atoms with Crippen molar-refractivity contribution in [1.29, 1.82) is 0 Å². The summed E-state index contributed by atoms with van der Waals surface area (Å²) in [5, 5.41) is 0. The van der Waals surface area contributed by atoms with Crippen molar-refractivity contribution in [3.63, 3.8) is 0 Å². The van der Waals surface area contributed by atoms with Gasteiger partial charge in [-0.3, -0.25) is 4.79 Å². The van der Waals surface area contributed by atoms with Gasteiger partial charge in [0.2, 0.25) is 0 Å². The van der Waals surface area contributed by atoms with Gasteiger partial charge in [-0.1, -0.05) is 19.8 Å². The molecule has 0 saturated carbocycles. The summed E-state index contributed by atoms with van der Waals surface area (Å²) in [5.41, 5.74) is 0. The van der Waals surface area contributed by atoms with Gasteiger partial charge in [0.05, 0.1) is 0 Å². The van der Waals surface area contributed by atoms with Crippen LogP contribution in [0.4, 0.5) is 0 Å². The molecule has 2 saturated heterocycles. The summed E-state index contributed by atoms with van der Waals surface area (Å²) < 4.78 is 10.1.